The SMILES string of the molecule is Cc1ccnc(-n2[nH]c(-c3ccccc3)cc2=S)c1. The molecule has 0 aliphatic carbocycles. The van der Waals surface area contributed by atoms with Crippen LogP contribution in [-0.2, 0) is 0 Å². The second kappa shape index (κ2) is 4.82. The smallest absolute Gasteiger partial charge is 0.152 e. The Balaban J connectivity index is 2.10. The number of rotatable bonds is 2. The first-order valence-corrected chi connectivity index (χ1v) is 6.45. The predicted octanol–water partition coefficient (Wildman–Crippen LogP) is 3.91. The summed E-state index contributed by atoms with van der Waals surface area (Å²) in [6, 6.07) is 16.0. The minimum Gasteiger partial charge on any atom is -0.291 e. The van der Waals surface area contributed by atoms with Crippen LogP contribution in [0.15, 0.2) is 54.7 Å². The van der Waals surface area contributed by atoms with Crippen LogP contribution in [0.4, 0.5) is 0 Å². The van der Waals surface area contributed by atoms with Crippen molar-refractivity contribution in [3.63, 3.8) is 0 Å². The van der Waals surface area contributed by atoms with Gasteiger partial charge in [0.1, 0.15) is 4.64 Å². The molecule has 3 rings (SSSR count). The van der Waals surface area contributed by atoms with Crippen molar-refractivity contribution in [2.45, 2.75) is 6.92 Å². The quantitative estimate of drug-likeness (QED) is 0.714. The van der Waals surface area contributed by atoms with Gasteiger partial charge in [0.15, 0.2) is 5.82 Å². The van der Waals surface area contributed by atoms with E-state index in [9.17, 15) is 0 Å². The van der Waals surface area contributed by atoms with Gasteiger partial charge >= 0.3 is 0 Å². The lowest BCUT2D eigenvalue weighted by molar-refractivity contribution is 0.838. The molecule has 0 saturated heterocycles. The van der Waals surface area contributed by atoms with E-state index in [1.165, 1.54) is 0 Å². The van der Waals surface area contributed by atoms with Gasteiger partial charge in [-0.2, -0.15) is 0 Å². The molecule has 4 heteroatoms. The molecule has 19 heavy (non-hydrogen) atoms. The van der Waals surface area contributed by atoms with E-state index in [1.54, 1.807) is 6.20 Å². The largest absolute Gasteiger partial charge is 0.291 e. The monoisotopic (exact) mass is 267 g/mol. The van der Waals surface area contributed by atoms with Gasteiger partial charge in [0.05, 0.1) is 5.69 Å². The molecule has 2 heterocycles. The summed E-state index contributed by atoms with van der Waals surface area (Å²) >= 11 is 5.39. The van der Waals surface area contributed by atoms with Gasteiger partial charge in [-0.1, -0.05) is 42.5 Å². The lowest BCUT2D eigenvalue weighted by Gasteiger charge is -2.03. The first kappa shape index (κ1) is 11.9. The zero-order valence-electron chi connectivity index (χ0n) is 10.5. The fourth-order valence-corrected chi connectivity index (χ4v) is 2.23. The van der Waals surface area contributed by atoms with Gasteiger partial charge in [0.25, 0.3) is 0 Å². The molecule has 3 aromatic rings. The predicted molar refractivity (Wildman–Crippen MR) is 78.9 cm³/mol. The number of benzene rings is 1. The fraction of sp³-hybridized carbons (Fsp3) is 0.0667. The maximum absolute atomic E-state index is 5.39. The molecular formula is C15H13N3S. The summed E-state index contributed by atoms with van der Waals surface area (Å²) < 4.78 is 2.54. The molecule has 0 amide bonds. The van der Waals surface area contributed by atoms with Crippen molar-refractivity contribution in [2.75, 3.05) is 0 Å². The molecule has 0 bridgehead atoms. The van der Waals surface area contributed by atoms with Gasteiger partial charge in [-0.3, -0.25) is 5.10 Å². The summed E-state index contributed by atoms with van der Waals surface area (Å²) in [5.41, 5.74) is 3.26. The van der Waals surface area contributed by atoms with E-state index < -0.39 is 0 Å². The standard InChI is InChI=1S/C15H13N3S/c1-11-7-8-16-14(9-11)18-15(19)10-13(17-18)12-5-3-2-4-6-12/h2-10,17H,1H3. The van der Waals surface area contributed by atoms with E-state index in [2.05, 4.69) is 22.2 Å². The van der Waals surface area contributed by atoms with Crippen LogP contribution in [0.5, 0.6) is 0 Å². The fourth-order valence-electron chi connectivity index (χ4n) is 1.97. The van der Waals surface area contributed by atoms with Crippen LogP contribution in [0.25, 0.3) is 17.1 Å². The maximum Gasteiger partial charge on any atom is 0.152 e. The molecule has 3 nitrogen and oxygen atoms in total. The van der Waals surface area contributed by atoms with Crippen LogP contribution in [0.3, 0.4) is 0 Å². The van der Waals surface area contributed by atoms with E-state index in [4.69, 9.17) is 12.2 Å². The molecule has 0 fully saturated rings. The Morgan fingerprint density at radius 2 is 1.89 bits per heavy atom. The third kappa shape index (κ3) is 2.35. The summed E-state index contributed by atoms with van der Waals surface area (Å²) in [5.74, 6) is 0.812. The Hall–Kier alpha value is -2.20. The second-order valence-electron chi connectivity index (χ2n) is 4.40. The van der Waals surface area contributed by atoms with Crippen LogP contribution in [0, 0.1) is 11.6 Å². The van der Waals surface area contributed by atoms with Crippen LogP contribution >= 0.6 is 12.2 Å². The molecule has 1 aromatic carbocycles. The number of H-pyrrole nitrogens is 1. The number of aromatic nitrogens is 3. The van der Waals surface area contributed by atoms with Gasteiger partial charge in [0.2, 0.25) is 0 Å². The van der Waals surface area contributed by atoms with Crippen LogP contribution in [0.2, 0.25) is 0 Å². The van der Waals surface area contributed by atoms with E-state index >= 15 is 0 Å². The summed E-state index contributed by atoms with van der Waals surface area (Å²) in [5, 5.41) is 3.29. The van der Waals surface area contributed by atoms with Crippen molar-refractivity contribution in [3.05, 3.63) is 64.9 Å². The molecule has 0 aliphatic heterocycles. The topological polar surface area (TPSA) is 33.6 Å². The van der Waals surface area contributed by atoms with E-state index in [0.717, 1.165) is 27.3 Å². The summed E-state index contributed by atoms with van der Waals surface area (Å²) in [6.45, 7) is 2.04. The van der Waals surface area contributed by atoms with Gasteiger partial charge in [-0.05, 0) is 30.2 Å². The summed E-state index contributed by atoms with van der Waals surface area (Å²) in [7, 11) is 0. The summed E-state index contributed by atoms with van der Waals surface area (Å²) in [4.78, 5) is 4.34. The Kier molecular flexibility index (Phi) is 3.01. The molecule has 0 unspecified atom stereocenters. The van der Waals surface area contributed by atoms with Gasteiger partial charge in [-0.25, -0.2) is 9.67 Å². The Morgan fingerprint density at radius 3 is 2.63 bits per heavy atom. The average Bonchev–Trinajstić information content (AvgIpc) is 2.82. The zero-order valence-corrected chi connectivity index (χ0v) is 11.3. The van der Waals surface area contributed by atoms with Crippen molar-refractivity contribution in [1.82, 2.24) is 14.8 Å². The maximum atomic E-state index is 5.39. The normalized spacial score (nSPS) is 10.6. The highest BCUT2D eigenvalue weighted by atomic mass is 32.1. The molecule has 0 spiro atoms. The second-order valence-corrected chi connectivity index (χ2v) is 4.82. The van der Waals surface area contributed by atoms with Gasteiger partial charge in [0, 0.05) is 12.3 Å². The Bertz CT molecular complexity index is 756. The minimum atomic E-state index is 0.719. The lowest BCUT2D eigenvalue weighted by Crippen LogP contribution is -1.99. The summed E-state index contributed by atoms with van der Waals surface area (Å²) in [6.07, 6.45) is 1.79. The Labute approximate surface area is 116 Å². The zero-order chi connectivity index (χ0) is 13.2. The molecule has 0 atom stereocenters. The number of hydrogen-bond acceptors (Lipinski definition) is 2. The van der Waals surface area contributed by atoms with E-state index in [1.807, 2.05) is 48.0 Å². The van der Waals surface area contributed by atoms with Crippen molar-refractivity contribution >= 4 is 12.2 Å². The first-order chi connectivity index (χ1) is 9.24. The molecular weight excluding hydrogens is 254 g/mol. The lowest BCUT2D eigenvalue weighted by atomic mass is 10.2. The van der Waals surface area contributed by atoms with E-state index in [0.29, 0.717) is 0 Å². The third-order valence-electron chi connectivity index (χ3n) is 2.94. The molecule has 0 saturated carbocycles. The molecule has 1 N–H and O–H groups in total. The van der Waals surface area contributed by atoms with Gasteiger partial charge < -0.3 is 0 Å². The highest BCUT2D eigenvalue weighted by molar-refractivity contribution is 7.71. The first-order valence-electron chi connectivity index (χ1n) is 6.04. The van der Waals surface area contributed by atoms with Crippen molar-refractivity contribution < 1.29 is 0 Å². The van der Waals surface area contributed by atoms with Crippen molar-refractivity contribution in [3.8, 4) is 17.1 Å². The third-order valence-corrected chi connectivity index (χ3v) is 3.24. The number of pyridine rings is 1. The van der Waals surface area contributed by atoms with Gasteiger partial charge in [-0.15, -0.1) is 0 Å². The van der Waals surface area contributed by atoms with Crippen LogP contribution < -0.4 is 0 Å². The van der Waals surface area contributed by atoms with E-state index in [-0.39, 0.29) is 0 Å². The van der Waals surface area contributed by atoms with Crippen LogP contribution in [0.1, 0.15) is 5.56 Å². The van der Waals surface area contributed by atoms with Crippen molar-refractivity contribution in [2.24, 2.45) is 0 Å². The highest BCUT2D eigenvalue weighted by Gasteiger charge is 2.05. The number of aryl methyl sites for hydroxylation is 1. The minimum absolute atomic E-state index is 0.719. The molecule has 94 valence electrons. The van der Waals surface area contributed by atoms with Crippen molar-refractivity contribution in [1.29, 1.82) is 0 Å². The number of nitrogens with one attached hydrogen (secondary N) is 1. The molecule has 2 aromatic heterocycles. The van der Waals surface area contributed by atoms with Crippen LogP contribution in [-0.4, -0.2) is 14.8 Å². The number of hydrogen-bond donors (Lipinski definition) is 1. The molecule has 0 aliphatic rings. The number of aromatic amines is 1. The number of nitrogens with zero attached hydrogens (tertiary/aromatic N) is 2. The average molecular weight is 267 g/mol. The Morgan fingerprint density at radius 1 is 1.11 bits per heavy atom. The highest BCUT2D eigenvalue weighted by Crippen LogP contribution is 2.18. The molecule has 0 radical (unpaired) electrons.